The van der Waals surface area contributed by atoms with Crippen molar-refractivity contribution in [3.63, 3.8) is 0 Å². The van der Waals surface area contributed by atoms with E-state index in [1.165, 1.54) is 17.4 Å². The number of benzene rings is 1. The highest BCUT2D eigenvalue weighted by molar-refractivity contribution is 7.20. The molecule has 0 spiro atoms. The van der Waals surface area contributed by atoms with E-state index in [2.05, 4.69) is 5.10 Å². The maximum atomic E-state index is 12.7. The van der Waals surface area contributed by atoms with Gasteiger partial charge in [0.25, 0.3) is 0 Å². The molecule has 0 amide bonds. The number of fused-ring (bicyclic) bond motifs is 1. The number of aryl methyl sites for hydroxylation is 1. The normalized spacial score (nSPS) is 16.3. The van der Waals surface area contributed by atoms with Gasteiger partial charge in [0.1, 0.15) is 15.5 Å². The first kappa shape index (κ1) is 18.9. The monoisotopic (exact) mass is 414 g/mol. The summed E-state index contributed by atoms with van der Waals surface area (Å²) in [6.45, 7) is 5.89. The van der Waals surface area contributed by atoms with Crippen LogP contribution in [-0.4, -0.2) is 21.5 Å². The minimum atomic E-state index is -0.444. The number of esters is 1. The zero-order valence-electron chi connectivity index (χ0n) is 15.8. The molecule has 0 atom stereocenters. The van der Waals surface area contributed by atoms with Gasteiger partial charge in [-0.25, -0.2) is 9.48 Å². The molecule has 1 aromatic carbocycles. The quantitative estimate of drug-likeness (QED) is 0.532. The Balaban J connectivity index is 1.65. The molecule has 0 saturated heterocycles. The van der Waals surface area contributed by atoms with E-state index < -0.39 is 5.97 Å². The van der Waals surface area contributed by atoms with Crippen LogP contribution in [0.15, 0.2) is 42.2 Å². The van der Waals surface area contributed by atoms with Crippen LogP contribution < -0.4 is 0 Å². The summed E-state index contributed by atoms with van der Waals surface area (Å²) < 4.78 is 7.35. The number of hydrogen-bond donors (Lipinski definition) is 0. The van der Waals surface area contributed by atoms with Crippen LogP contribution in [0.25, 0.3) is 15.9 Å². The van der Waals surface area contributed by atoms with Gasteiger partial charge in [0.05, 0.1) is 11.4 Å². The van der Waals surface area contributed by atoms with Crippen molar-refractivity contribution in [2.75, 3.05) is 0 Å². The molecule has 2 heterocycles. The maximum absolute atomic E-state index is 12.7. The molecule has 0 saturated carbocycles. The van der Waals surface area contributed by atoms with E-state index in [-0.39, 0.29) is 11.2 Å². The summed E-state index contributed by atoms with van der Waals surface area (Å²) >= 11 is 7.30. The van der Waals surface area contributed by atoms with Crippen LogP contribution in [0.3, 0.4) is 0 Å². The molecule has 0 bridgehead atoms. The van der Waals surface area contributed by atoms with E-state index in [0.29, 0.717) is 28.5 Å². The van der Waals surface area contributed by atoms with Gasteiger partial charge in [-0.1, -0.05) is 25.4 Å². The third kappa shape index (κ3) is 3.62. The minimum Gasteiger partial charge on any atom is -0.427 e. The zero-order chi connectivity index (χ0) is 20.1. The van der Waals surface area contributed by atoms with Gasteiger partial charge in [0.2, 0.25) is 0 Å². The highest BCUT2D eigenvalue weighted by Gasteiger charge is 2.30. The predicted octanol–water partition coefficient (Wildman–Crippen LogP) is 5.48. The fourth-order valence-corrected chi connectivity index (χ4v) is 4.61. The number of halogens is 1. The van der Waals surface area contributed by atoms with Gasteiger partial charge in [-0.2, -0.15) is 5.10 Å². The van der Waals surface area contributed by atoms with Gasteiger partial charge < -0.3 is 4.74 Å². The highest BCUT2D eigenvalue weighted by Crippen LogP contribution is 2.36. The molecule has 3 aromatic rings. The molecule has 0 N–H and O–H groups in total. The van der Waals surface area contributed by atoms with Crippen molar-refractivity contribution in [2.24, 2.45) is 5.41 Å². The average Bonchev–Trinajstić information content (AvgIpc) is 3.15. The highest BCUT2D eigenvalue weighted by atomic mass is 35.5. The molecule has 5 nitrogen and oxygen atoms in total. The Morgan fingerprint density at radius 1 is 1.25 bits per heavy atom. The van der Waals surface area contributed by atoms with Gasteiger partial charge in [-0.05, 0) is 42.7 Å². The number of hydrogen-bond acceptors (Lipinski definition) is 5. The molecule has 4 rings (SSSR count). The lowest BCUT2D eigenvalue weighted by Crippen LogP contribution is -2.23. The molecular weight excluding hydrogens is 396 g/mol. The molecule has 0 fully saturated rings. The number of allylic oxidation sites excluding steroid dienone is 2. The van der Waals surface area contributed by atoms with Gasteiger partial charge in [0, 0.05) is 29.3 Å². The second-order valence-corrected chi connectivity index (χ2v) is 9.25. The lowest BCUT2D eigenvalue weighted by Gasteiger charge is -2.27. The molecule has 1 aliphatic rings. The molecule has 0 radical (unpaired) electrons. The lowest BCUT2D eigenvalue weighted by atomic mass is 9.79. The molecule has 2 aromatic heterocycles. The zero-order valence-corrected chi connectivity index (χ0v) is 17.4. The molecule has 144 valence electrons. The van der Waals surface area contributed by atoms with Crippen molar-refractivity contribution in [1.82, 2.24) is 9.78 Å². The average molecular weight is 415 g/mol. The van der Waals surface area contributed by atoms with E-state index in [1.54, 1.807) is 22.9 Å². The van der Waals surface area contributed by atoms with E-state index in [9.17, 15) is 9.59 Å². The van der Waals surface area contributed by atoms with E-state index in [4.69, 9.17) is 16.3 Å². The Labute approximate surface area is 171 Å². The van der Waals surface area contributed by atoms with Crippen molar-refractivity contribution in [2.45, 2.75) is 33.6 Å². The van der Waals surface area contributed by atoms with Crippen molar-refractivity contribution in [1.29, 1.82) is 0 Å². The first-order valence-corrected chi connectivity index (χ1v) is 10.1. The summed E-state index contributed by atoms with van der Waals surface area (Å²) in [5.74, 6) is -0.0237. The van der Waals surface area contributed by atoms with E-state index in [1.807, 2.05) is 32.9 Å². The van der Waals surface area contributed by atoms with Gasteiger partial charge in [-0.15, -0.1) is 11.3 Å². The molecule has 0 unspecified atom stereocenters. The molecule has 0 aliphatic heterocycles. The molecule has 28 heavy (non-hydrogen) atoms. The van der Waals surface area contributed by atoms with Crippen LogP contribution in [0, 0.1) is 12.3 Å². The van der Waals surface area contributed by atoms with Crippen LogP contribution in [-0.2, 0) is 9.53 Å². The van der Waals surface area contributed by atoms with Gasteiger partial charge in [-0.3, -0.25) is 4.79 Å². The number of carbonyl (C=O) groups is 2. The van der Waals surface area contributed by atoms with Crippen LogP contribution in [0.2, 0.25) is 5.02 Å². The number of nitrogens with zero attached hydrogens (tertiary/aromatic N) is 2. The van der Waals surface area contributed by atoms with Crippen molar-refractivity contribution < 1.29 is 14.3 Å². The van der Waals surface area contributed by atoms with E-state index >= 15 is 0 Å². The van der Waals surface area contributed by atoms with Crippen molar-refractivity contribution in [3.8, 4) is 5.69 Å². The Bertz CT molecular complexity index is 1120. The summed E-state index contributed by atoms with van der Waals surface area (Å²) in [5, 5.41) is 6.12. The smallest absolute Gasteiger partial charge is 0.353 e. The van der Waals surface area contributed by atoms with Gasteiger partial charge >= 0.3 is 5.97 Å². The minimum absolute atomic E-state index is 0.00962. The number of thiophene rings is 1. The lowest BCUT2D eigenvalue weighted by molar-refractivity contribution is -0.117. The van der Waals surface area contributed by atoms with Crippen molar-refractivity contribution >= 4 is 44.9 Å². The van der Waals surface area contributed by atoms with Crippen LogP contribution in [0.5, 0.6) is 0 Å². The third-order valence-corrected chi connectivity index (χ3v) is 6.01. The Morgan fingerprint density at radius 2 is 1.96 bits per heavy atom. The van der Waals surface area contributed by atoms with Crippen molar-refractivity contribution in [3.05, 3.63) is 57.8 Å². The largest absolute Gasteiger partial charge is 0.427 e. The SMILES string of the molecule is Cc1nn(-c2ccc(Cl)cc2)c2sc(C(=O)OC3=CC(=O)CC(C)(C)C3)cc12. The Morgan fingerprint density at radius 3 is 2.64 bits per heavy atom. The first-order valence-electron chi connectivity index (χ1n) is 8.92. The summed E-state index contributed by atoms with van der Waals surface area (Å²) in [6, 6.07) is 9.17. The van der Waals surface area contributed by atoms with Gasteiger partial charge in [0.15, 0.2) is 5.78 Å². The fourth-order valence-electron chi connectivity index (χ4n) is 3.43. The summed E-state index contributed by atoms with van der Waals surface area (Å²) in [7, 11) is 0. The Hall–Kier alpha value is -2.44. The summed E-state index contributed by atoms with van der Waals surface area (Å²) in [4.78, 5) is 25.9. The standard InChI is InChI=1S/C21H19ClN2O3S/c1-12-17-9-18(20(26)27-16-8-15(25)10-21(2,3)11-16)28-19(17)24(23-12)14-6-4-13(22)5-7-14/h4-9H,10-11H2,1-3H3. The summed E-state index contributed by atoms with van der Waals surface area (Å²) in [6.07, 6.45) is 2.47. The van der Waals surface area contributed by atoms with E-state index in [0.717, 1.165) is 21.6 Å². The van der Waals surface area contributed by atoms with Crippen LogP contribution in [0.4, 0.5) is 0 Å². The maximum Gasteiger partial charge on any atom is 0.353 e. The number of aromatic nitrogens is 2. The second-order valence-electron chi connectivity index (χ2n) is 7.79. The molecular formula is C21H19ClN2O3S. The summed E-state index contributed by atoms with van der Waals surface area (Å²) in [5.41, 5.74) is 1.49. The fraction of sp³-hybridized carbons (Fsp3) is 0.286. The number of carbonyl (C=O) groups excluding carboxylic acids is 2. The number of ketones is 1. The number of ether oxygens (including phenoxy) is 1. The van der Waals surface area contributed by atoms with Crippen LogP contribution >= 0.6 is 22.9 Å². The molecule has 1 aliphatic carbocycles. The molecule has 7 heteroatoms. The predicted molar refractivity (Wildman–Crippen MR) is 110 cm³/mol. The number of rotatable bonds is 3. The third-order valence-electron chi connectivity index (χ3n) is 4.67. The Kier molecular flexibility index (Phi) is 4.63. The topological polar surface area (TPSA) is 61.2 Å². The second kappa shape index (κ2) is 6.87. The first-order chi connectivity index (χ1) is 13.2. The van der Waals surface area contributed by atoms with Crippen LogP contribution in [0.1, 0.15) is 42.1 Å².